The fourth-order valence-electron chi connectivity index (χ4n) is 4.41. The summed E-state index contributed by atoms with van der Waals surface area (Å²) >= 11 is 0. The molecule has 3 aromatic heterocycles. The van der Waals surface area contributed by atoms with Crippen LogP contribution in [-0.4, -0.2) is 83.7 Å². The number of imidazole rings is 1. The normalized spacial score (nSPS) is 21.0. The number of halogens is 1. The molecule has 2 atom stereocenters. The molecular formula is C21H26FN9O. The van der Waals surface area contributed by atoms with Gasteiger partial charge in [-0.1, -0.05) is 0 Å². The number of urea groups is 1. The first kappa shape index (κ1) is 20.5. The molecule has 168 valence electrons. The van der Waals surface area contributed by atoms with Gasteiger partial charge in [0.2, 0.25) is 0 Å². The topological polar surface area (TPSA) is 105 Å². The Labute approximate surface area is 184 Å². The van der Waals surface area contributed by atoms with Crippen LogP contribution in [0.1, 0.15) is 25.6 Å². The third kappa shape index (κ3) is 3.71. The quantitative estimate of drug-likeness (QED) is 0.665. The van der Waals surface area contributed by atoms with E-state index in [9.17, 15) is 9.18 Å². The van der Waals surface area contributed by atoms with Crippen molar-refractivity contribution in [2.24, 2.45) is 0 Å². The maximum atomic E-state index is 13.5. The van der Waals surface area contributed by atoms with Crippen molar-refractivity contribution in [1.29, 1.82) is 0 Å². The Morgan fingerprint density at radius 3 is 2.59 bits per heavy atom. The Bertz CT molecular complexity index is 1130. The summed E-state index contributed by atoms with van der Waals surface area (Å²) in [6.07, 6.45) is 5.35. The average Bonchev–Trinajstić information content (AvgIpc) is 3.52. The number of carbonyl (C=O) groups is 1. The number of amides is 2. The summed E-state index contributed by atoms with van der Waals surface area (Å²) in [5.74, 6) is 2.08. The molecule has 0 saturated carbocycles. The zero-order chi connectivity index (χ0) is 22.2. The van der Waals surface area contributed by atoms with Gasteiger partial charge >= 0.3 is 6.03 Å². The van der Waals surface area contributed by atoms with Crippen LogP contribution >= 0.6 is 0 Å². The number of anilines is 1. The molecule has 0 spiro atoms. The van der Waals surface area contributed by atoms with Crippen LogP contribution in [0.2, 0.25) is 0 Å². The van der Waals surface area contributed by atoms with Crippen molar-refractivity contribution < 1.29 is 9.18 Å². The van der Waals surface area contributed by atoms with Crippen molar-refractivity contribution in [2.75, 3.05) is 31.5 Å². The van der Waals surface area contributed by atoms with Crippen LogP contribution in [0.4, 0.5) is 15.0 Å². The van der Waals surface area contributed by atoms with Crippen LogP contribution in [0.3, 0.4) is 0 Å². The molecule has 0 aliphatic carbocycles. The lowest BCUT2D eigenvalue weighted by atomic mass is 10.2. The van der Waals surface area contributed by atoms with E-state index in [1.54, 1.807) is 22.2 Å². The molecule has 2 aliphatic rings. The zero-order valence-electron chi connectivity index (χ0n) is 18.2. The highest BCUT2D eigenvalue weighted by atomic mass is 19.1. The molecule has 11 heteroatoms. The molecule has 2 saturated heterocycles. The molecule has 0 unspecified atom stereocenters. The monoisotopic (exact) mass is 439 g/mol. The highest BCUT2D eigenvalue weighted by Gasteiger charge is 2.33. The number of likely N-dealkylation sites (tertiary alicyclic amines) is 2. The van der Waals surface area contributed by atoms with Gasteiger partial charge in [0.05, 0.1) is 12.1 Å². The second-order valence-corrected chi connectivity index (χ2v) is 8.28. The molecule has 10 nitrogen and oxygen atoms in total. The first-order chi connectivity index (χ1) is 15.5. The van der Waals surface area contributed by atoms with Crippen LogP contribution in [0.5, 0.6) is 0 Å². The highest BCUT2D eigenvalue weighted by Crippen LogP contribution is 2.27. The van der Waals surface area contributed by atoms with E-state index in [2.05, 4.69) is 25.3 Å². The third-order valence-corrected chi connectivity index (χ3v) is 6.09. The van der Waals surface area contributed by atoms with E-state index >= 15 is 0 Å². The van der Waals surface area contributed by atoms with E-state index < -0.39 is 6.17 Å². The summed E-state index contributed by atoms with van der Waals surface area (Å²) in [4.78, 5) is 38.3. The summed E-state index contributed by atoms with van der Waals surface area (Å²) in [5.41, 5.74) is 2.22. The van der Waals surface area contributed by atoms with E-state index in [4.69, 9.17) is 4.98 Å². The number of hydrogen-bond acceptors (Lipinski definition) is 7. The molecule has 5 rings (SSSR count). The van der Waals surface area contributed by atoms with Crippen molar-refractivity contribution in [3.05, 3.63) is 24.5 Å². The second-order valence-electron chi connectivity index (χ2n) is 8.28. The lowest BCUT2D eigenvalue weighted by molar-refractivity contribution is 0.169. The van der Waals surface area contributed by atoms with Gasteiger partial charge in [0, 0.05) is 44.6 Å². The number of nitrogens with one attached hydrogen (secondary N) is 1. The van der Waals surface area contributed by atoms with Gasteiger partial charge in [-0.25, -0.2) is 34.1 Å². The Kier molecular flexibility index (Phi) is 5.32. The number of nitrogens with zero attached hydrogens (tertiary/aromatic N) is 8. The van der Waals surface area contributed by atoms with Crippen molar-refractivity contribution in [3.63, 3.8) is 0 Å². The first-order valence-corrected chi connectivity index (χ1v) is 11.0. The van der Waals surface area contributed by atoms with Gasteiger partial charge in [0.15, 0.2) is 17.0 Å². The molecule has 3 aromatic rings. The Balaban J connectivity index is 1.37. The third-order valence-electron chi connectivity index (χ3n) is 6.09. The maximum absolute atomic E-state index is 13.5. The van der Waals surface area contributed by atoms with Gasteiger partial charge in [0.1, 0.15) is 24.1 Å². The number of carbonyl (C=O) groups excluding carboxylic acids is 1. The summed E-state index contributed by atoms with van der Waals surface area (Å²) in [6.45, 7) is 6.43. The Morgan fingerprint density at radius 2 is 1.88 bits per heavy atom. The van der Waals surface area contributed by atoms with E-state index in [0.29, 0.717) is 49.8 Å². The van der Waals surface area contributed by atoms with Gasteiger partial charge in [-0.05, 0) is 26.7 Å². The molecule has 5 heterocycles. The van der Waals surface area contributed by atoms with Gasteiger partial charge in [-0.15, -0.1) is 0 Å². The van der Waals surface area contributed by atoms with Crippen molar-refractivity contribution in [2.45, 2.75) is 45.4 Å². The van der Waals surface area contributed by atoms with Crippen molar-refractivity contribution >= 4 is 23.0 Å². The number of fused-ring (bicyclic) bond motifs is 1. The molecule has 2 fully saturated rings. The van der Waals surface area contributed by atoms with E-state index in [1.165, 1.54) is 6.33 Å². The number of rotatable bonds is 4. The lowest BCUT2D eigenvalue weighted by Crippen LogP contribution is -2.41. The minimum Gasteiger partial charge on any atom is -0.364 e. The van der Waals surface area contributed by atoms with E-state index in [1.807, 2.05) is 18.4 Å². The highest BCUT2D eigenvalue weighted by molar-refractivity contribution is 5.86. The van der Waals surface area contributed by atoms with Gasteiger partial charge in [-0.2, -0.15) is 0 Å². The van der Waals surface area contributed by atoms with Gasteiger partial charge in [-0.3, -0.25) is 0 Å². The van der Waals surface area contributed by atoms with Crippen LogP contribution in [0, 0.1) is 6.92 Å². The van der Waals surface area contributed by atoms with Crippen LogP contribution in [0.15, 0.2) is 18.7 Å². The number of alkyl halides is 1. The molecule has 32 heavy (non-hydrogen) atoms. The Hall–Kier alpha value is -3.37. The summed E-state index contributed by atoms with van der Waals surface area (Å²) in [6, 6.07) is -0.0436. The van der Waals surface area contributed by atoms with Crippen molar-refractivity contribution in [3.8, 4) is 11.4 Å². The van der Waals surface area contributed by atoms with E-state index in [-0.39, 0.29) is 18.6 Å². The molecule has 0 aromatic carbocycles. The van der Waals surface area contributed by atoms with Crippen LogP contribution < -0.4 is 5.32 Å². The summed E-state index contributed by atoms with van der Waals surface area (Å²) in [7, 11) is 0. The number of aryl methyl sites for hydroxylation is 2. The fraction of sp³-hybridized carbons (Fsp3) is 0.524. The molecule has 2 amide bonds. The zero-order valence-corrected chi connectivity index (χ0v) is 18.2. The van der Waals surface area contributed by atoms with Crippen molar-refractivity contribution in [1.82, 2.24) is 39.3 Å². The molecule has 0 radical (unpaired) electrons. The average molecular weight is 439 g/mol. The van der Waals surface area contributed by atoms with Crippen LogP contribution in [-0.2, 0) is 6.54 Å². The maximum Gasteiger partial charge on any atom is 0.320 e. The van der Waals surface area contributed by atoms with Gasteiger partial charge in [0.25, 0.3) is 0 Å². The minimum absolute atomic E-state index is 0.0405. The molecule has 2 aliphatic heterocycles. The summed E-state index contributed by atoms with van der Waals surface area (Å²) < 4.78 is 15.5. The van der Waals surface area contributed by atoms with E-state index in [0.717, 1.165) is 23.5 Å². The summed E-state index contributed by atoms with van der Waals surface area (Å²) in [5, 5.41) is 3.45. The largest absolute Gasteiger partial charge is 0.364 e. The smallest absolute Gasteiger partial charge is 0.320 e. The molecule has 1 N–H and O–H groups in total. The molecule has 0 bridgehead atoms. The minimum atomic E-state index is -0.911. The molecular weight excluding hydrogens is 413 g/mol. The fourth-order valence-corrected chi connectivity index (χ4v) is 4.41. The number of aromatic nitrogens is 6. The standard InChI is InChI=1S/C21H26FN9O/c1-3-31-19(14-8-23-13(2)24-9-14)28-17-18(25-12-26-20(17)31)27-16-5-7-30(11-16)21(32)29-6-4-15(22)10-29/h8-9,12,15-16H,3-7,10-11H2,1-2H3,(H,25,26,27)/t15-,16-/m0/s1. The number of hydrogen-bond donors (Lipinski definition) is 1. The SMILES string of the molecule is CCn1c(-c2cnc(C)nc2)nc2c(N[C@H]3CCN(C(=O)N4CC[C@H](F)C4)C3)ncnc21. The van der Waals surface area contributed by atoms with Crippen LogP contribution in [0.25, 0.3) is 22.6 Å². The first-order valence-electron chi connectivity index (χ1n) is 11.0. The Morgan fingerprint density at radius 1 is 1.12 bits per heavy atom. The second kappa shape index (κ2) is 8.29. The predicted octanol–water partition coefficient (Wildman–Crippen LogP) is 2.26. The van der Waals surface area contributed by atoms with Gasteiger partial charge < -0.3 is 19.7 Å². The lowest BCUT2D eigenvalue weighted by Gasteiger charge is -2.24. The predicted molar refractivity (Wildman–Crippen MR) is 117 cm³/mol.